The molecule has 3 heteroatoms. The zero-order chi connectivity index (χ0) is 9.52. The van der Waals surface area contributed by atoms with Crippen molar-refractivity contribution in [3.63, 3.8) is 0 Å². The fourth-order valence-electron chi connectivity index (χ4n) is 0.964. The van der Waals surface area contributed by atoms with Crippen LogP contribution in [0.1, 0.15) is 6.42 Å². The van der Waals surface area contributed by atoms with E-state index in [1.54, 1.807) is 0 Å². The third-order valence-corrected chi connectivity index (χ3v) is 1.62. The van der Waals surface area contributed by atoms with E-state index in [0.29, 0.717) is 6.61 Å². The Kier molecular flexibility index (Phi) is 3.85. The fourth-order valence-corrected chi connectivity index (χ4v) is 0.964. The number of para-hydroxylation sites is 2. The summed E-state index contributed by atoms with van der Waals surface area (Å²) in [5, 5.41) is 0. The molecule has 0 amide bonds. The normalized spacial score (nSPS) is 9.31. The summed E-state index contributed by atoms with van der Waals surface area (Å²) in [6, 6.07) is 7.54. The van der Waals surface area contributed by atoms with E-state index in [1.165, 1.54) is 0 Å². The lowest BCUT2D eigenvalue weighted by atomic mass is 10.3. The Balaban J connectivity index is 2.58. The van der Waals surface area contributed by atoms with Crippen molar-refractivity contribution in [3.8, 4) is 5.75 Å². The second kappa shape index (κ2) is 5.22. The van der Waals surface area contributed by atoms with Crippen LogP contribution in [0.15, 0.2) is 36.9 Å². The number of anilines is 1. The van der Waals surface area contributed by atoms with Crippen LogP contribution in [0.25, 0.3) is 0 Å². The van der Waals surface area contributed by atoms with Crippen LogP contribution in [-0.4, -0.2) is 6.61 Å². The van der Waals surface area contributed by atoms with Crippen molar-refractivity contribution in [2.75, 3.05) is 12.0 Å². The molecule has 0 bridgehead atoms. The number of hydrogen-bond donors (Lipinski definition) is 2. The summed E-state index contributed by atoms with van der Waals surface area (Å²) in [7, 11) is 0. The molecule has 0 heterocycles. The highest BCUT2D eigenvalue weighted by Gasteiger charge is 1.98. The summed E-state index contributed by atoms with van der Waals surface area (Å²) in [5.41, 5.74) is 3.37. The molecular weight excluding hydrogens is 164 g/mol. The molecule has 0 fully saturated rings. The molecule has 70 valence electrons. The van der Waals surface area contributed by atoms with Gasteiger partial charge in [-0.1, -0.05) is 18.2 Å². The Morgan fingerprint density at radius 2 is 2.23 bits per heavy atom. The molecule has 0 aliphatic rings. The molecule has 1 aromatic rings. The van der Waals surface area contributed by atoms with Crippen LogP contribution >= 0.6 is 0 Å². The second-order valence-corrected chi connectivity index (χ2v) is 2.57. The Morgan fingerprint density at radius 1 is 1.46 bits per heavy atom. The average Bonchev–Trinajstić information content (AvgIpc) is 2.19. The molecule has 13 heavy (non-hydrogen) atoms. The number of benzene rings is 1. The monoisotopic (exact) mass is 178 g/mol. The predicted octanol–water partition coefficient (Wildman–Crippen LogP) is 1.93. The first-order valence-corrected chi connectivity index (χ1v) is 4.18. The van der Waals surface area contributed by atoms with E-state index < -0.39 is 0 Å². The van der Waals surface area contributed by atoms with Crippen LogP contribution in [0, 0.1) is 0 Å². The van der Waals surface area contributed by atoms with Crippen molar-refractivity contribution in [2.45, 2.75) is 6.42 Å². The van der Waals surface area contributed by atoms with Crippen molar-refractivity contribution in [3.05, 3.63) is 36.9 Å². The number of ether oxygens (including phenoxy) is 1. The van der Waals surface area contributed by atoms with E-state index in [0.717, 1.165) is 17.9 Å². The molecule has 3 N–H and O–H groups in total. The maximum absolute atomic E-state index is 5.45. The Labute approximate surface area is 78.2 Å². The Hall–Kier alpha value is -1.48. The Bertz CT molecular complexity index is 273. The van der Waals surface area contributed by atoms with Gasteiger partial charge in [-0.25, -0.2) is 0 Å². The molecule has 0 saturated heterocycles. The van der Waals surface area contributed by atoms with E-state index in [2.05, 4.69) is 12.0 Å². The average molecular weight is 178 g/mol. The number of rotatable bonds is 5. The van der Waals surface area contributed by atoms with E-state index in [9.17, 15) is 0 Å². The van der Waals surface area contributed by atoms with Crippen LogP contribution in [0.4, 0.5) is 5.69 Å². The van der Waals surface area contributed by atoms with Crippen molar-refractivity contribution < 1.29 is 4.74 Å². The minimum absolute atomic E-state index is 0.627. The number of nitrogen functional groups attached to an aromatic ring is 1. The molecule has 0 unspecified atom stereocenters. The van der Waals surface area contributed by atoms with Crippen LogP contribution < -0.4 is 16.0 Å². The zero-order valence-electron chi connectivity index (χ0n) is 7.49. The van der Waals surface area contributed by atoms with Gasteiger partial charge < -0.3 is 10.2 Å². The molecular formula is C10H14N2O. The molecule has 0 aliphatic heterocycles. The quantitative estimate of drug-likeness (QED) is 0.313. The zero-order valence-corrected chi connectivity index (χ0v) is 7.49. The largest absolute Gasteiger partial charge is 0.491 e. The number of nitrogens with two attached hydrogens (primary N) is 1. The van der Waals surface area contributed by atoms with Gasteiger partial charge >= 0.3 is 0 Å². The van der Waals surface area contributed by atoms with Crippen LogP contribution in [-0.2, 0) is 0 Å². The molecule has 1 rings (SSSR count). The molecule has 0 radical (unpaired) electrons. The van der Waals surface area contributed by atoms with Gasteiger partial charge in [-0.15, -0.1) is 6.58 Å². The van der Waals surface area contributed by atoms with Gasteiger partial charge in [0.15, 0.2) is 0 Å². The van der Waals surface area contributed by atoms with Crippen molar-refractivity contribution in [2.24, 2.45) is 5.84 Å². The summed E-state index contributed by atoms with van der Waals surface area (Å²) in [5.74, 6) is 6.07. The maximum atomic E-state index is 5.45. The van der Waals surface area contributed by atoms with Gasteiger partial charge in [-0.3, -0.25) is 5.84 Å². The second-order valence-electron chi connectivity index (χ2n) is 2.57. The first kappa shape index (κ1) is 9.61. The maximum Gasteiger partial charge on any atom is 0.143 e. The summed E-state index contributed by atoms with van der Waals surface area (Å²) >= 11 is 0. The number of hydrogen-bond acceptors (Lipinski definition) is 3. The standard InChI is InChI=1S/C10H14N2O/c1-2-3-8-13-10-7-5-4-6-9(10)12-11/h2,4-7,12H,1,3,8,11H2. The first-order chi connectivity index (χ1) is 6.38. The van der Waals surface area contributed by atoms with Gasteiger partial charge in [0.2, 0.25) is 0 Å². The van der Waals surface area contributed by atoms with Gasteiger partial charge in [0, 0.05) is 0 Å². The highest BCUT2D eigenvalue weighted by atomic mass is 16.5. The van der Waals surface area contributed by atoms with Crippen LogP contribution in [0.3, 0.4) is 0 Å². The topological polar surface area (TPSA) is 47.3 Å². The summed E-state index contributed by atoms with van der Waals surface area (Å²) in [4.78, 5) is 0. The van der Waals surface area contributed by atoms with E-state index >= 15 is 0 Å². The predicted molar refractivity (Wildman–Crippen MR) is 54.6 cm³/mol. The van der Waals surface area contributed by atoms with Gasteiger partial charge in [-0.05, 0) is 18.6 Å². The van der Waals surface area contributed by atoms with E-state index in [-0.39, 0.29) is 0 Å². The van der Waals surface area contributed by atoms with Crippen LogP contribution in [0.2, 0.25) is 0 Å². The SMILES string of the molecule is C=CCCOc1ccccc1NN. The third-order valence-electron chi connectivity index (χ3n) is 1.62. The Morgan fingerprint density at radius 3 is 2.92 bits per heavy atom. The van der Waals surface area contributed by atoms with Crippen molar-refractivity contribution in [1.29, 1.82) is 0 Å². The smallest absolute Gasteiger partial charge is 0.143 e. The lowest BCUT2D eigenvalue weighted by Crippen LogP contribution is -2.08. The highest BCUT2D eigenvalue weighted by Crippen LogP contribution is 2.22. The minimum atomic E-state index is 0.627. The molecule has 0 spiro atoms. The van der Waals surface area contributed by atoms with E-state index in [1.807, 2.05) is 30.3 Å². The lowest BCUT2D eigenvalue weighted by Gasteiger charge is -2.09. The minimum Gasteiger partial charge on any atom is -0.491 e. The fraction of sp³-hybridized carbons (Fsp3) is 0.200. The molecule has 3 nitrogen and oxygen atoms in total. The third kappa shape index (κ3) is 2.80. The molecule has 0 aromatic heterocycles. The number of nitrogens with one attached hydrogen (secondary N) is 1. The van der Waals surface area contributed by atoms with Crippen molar-refractivity contribution in [1.82, 2.24) is 0 Å². The van der Waals surface area contributed by atoms with Gasteiger partial charge in [0.1, 0.15) is 5.75 Å². The van der Waals surface area contributed by atoms with E-state index in [4.69, 9.17) is 10.6 Å². The first-order valence-electron chi connectivity index (χ1n) is 4.18. The van der Waals surface area contributed by atoms with Crippen LogP contribution in [0.5, 0.6) is 5.75 Å². The van der Waals surface area contributed by atoms with Gasteiger partial charge in [0.25, 0.3) is 0 Å². The van der Waals surface area contributed by atoms with Crippen molar-refractivity contribution >= 4 is 5.69 Å². The molecule has 0 aliphatic carbocycles. The van der Waals surface area contributed by atoms with Gasteiger partial charge in [0.05, 0.1) is 12.3 Å². The molecule has 1 aromatic carbocycles. The molecule has 0 atom stereocenters. The summed E-state index contributed by atoms with van der Waals surface area (Å²) in [6.45, 7) is 4.24. The lowest BCUT2D eigenvalue weighted by molar-refractivity contribution is 0.326. The molecule has 0 saturated carbocycles. The summed E-state index contributed by atoms with van der Waals surface area (Å²) < 4.78 is 5.45. The van der Waals surface area contributed by atoms with Gasteiger partial charge in [-0.2, -0.15) is 0 Å². The summed E-state index contributed by atoms with van der Waals surface area (Å²) in [6.07, 6.45) is 2.65. The highest BCUT2D eigenvalue weighted by molar-refractivity contribution is 5.55. The number of hydrazine groups is 1.